The molecular formula is C24H41N3O20. The highest BCUT2D eigenvalue weighted by atomic mass is 16.8. The second kappa shape index (κ2) is 16.5. The number of aliphatic hydroxyl groups excluding tert-OH is 13. The van der Waals surface area contributed by atoms with E-state index < -0.39 is 149 Å². The van der Waals surface area contributed by atoms with Gasteiger partial charge in [-0.3, -0.25) is 0 Å². The minimum Gasteiger partial charge on any atom is -0.394 e. The molecule has 23 nitrogen and oxygen atoms in total. The third-order valence-corrected chi connectivity index (χ3v) is 8.37. The van der Waals surface area contributed by atoms with Gasteiger partial charge in [0.25, 0.3) is 0 Å². The summed E-state index contributed by atoms with van der Waals surface area (Å²) in [6, 6.07) is 0. The number of hydrogen-bond donors (Lipinski definition) is 13. The smallest absolute Gasteiger partial charge is 0.187 e. The molecule has 0 aliphatic carbocycles. The first-order chi connectivity index (χ1) is 22.3. The van der Waals surface area contributed by atoms with Gasteiger partial charge in [0.15, 0.2) is 25.1 Å². The number of ether oxygens (including phenoxy) is 7. The van der Waals surface area contributed by atoms with Crippen molar-refractivity contribution in [2.24, 2.45) is 5.11 Å². The Balaban J connectivity index is 1.43. The highest BCUT2D eigenvalue weighted by Gasteiger charge is 2.55. The summed E-state index contributed by atoms with van der Waals surface area (Å²) in [5.74, 6) is 0. The van der Waals surface area contributed by atoms with Crippen molar-refractivity contribution >= 4 is 0 Å². The van der Waals surface area contributed by atoms with Gasteiger partial charge in [0.05, 0.1) is 26.4 Å². The normalized spacial score (nSPS) is 50.9. The van der Waals surface area contributed by atoms with Crippen LogP contribution in [0.5, 0.6) is 0 Å². The monoisotopic (exact) mass is 691 g/mol. The predicted octanol–water partition coefficient (Wildman–Crippen LogP) is -8.43. The Morgan fingerprint density at radius 2 is 0.787 bits per heavy atom. The van der Waals surface area contributed by atoms with Crippen LogP contribution in [-0.4, -0.2) is 216 Å². The summed E-state index contributed by atoms with van der Waals surface area (Å²) in [7, 11) is 0. The molecule has 20 atom stereocenters. The second-order valence-corrected chi connectivity index (χ2v) is 11.3. The Labute approximate surface area is 264 Å². The largest absolute Gasteiger partial charge is 0.394 e. The lowest BCUT2D eigenvalue weighted by Crippen LogP contribution is -2.67. The fourth-order valence-corrected chi connectivity index (χ4v) is 5.69. The van der Waals surface area contributed by atoms with Crippen molar-refractivity contribution in [2.45, 2.75) is 123 Å². The van der Waals surface area contributed by atoms with E-state index in [4.69, 9.17) is 38.7 Å². The Hall–Kier alpha value is -1.49. The van der Waals surface area contributed by atoms with Crippen LogP contribution in [0.1, 0.15) is 0 Å². The van der Waals surface area contributed by atoms with Crippen LogP contribution in [0.2, 0.25) is 0 Å². The van der Waals surface area contributed by atoms with E-state index in [-0.39, 0.29) is 0 Å². The molecule has 0 amide bonds. The number of hydrogen-bond acceptors (Lipinski definition) is 21. The molecule has 4 aliphatic heterocycles. The van der Waals surface area contributed by atoms with Crippen molar-refractivity contribution in [2.75, 3.05) is 26.4 Å². The van der Waals surface area contributed by atoms with Crippen molar-refractivity contribution < 1.29 is 99.5 Å². The Morgan fingerprint density at radius 1 is 0.447 bits per heavy atom. The van der Waals surface area contributed by atoms with Gasteiger partial charge in [-0.2, -0.15) is 0 Å². The van der Waals surface area contributed by atoms with Gasteiger partial charge in [-0.25, -0.2) is 0 Å². The minimum atomic E-state index is -2.03. The van der Waals surface area contributed by atoms with Gasteiger partial charge in [-0.05, 0) is 5.53 Å². The van der Waals surface area contributed by atoms with Crippen LogP contribution >= 0.6 is 0 Å². The molecule has 4 aliphatic rings. The molecule has 0 bridgehead atoms. The van der Waals surface area contributed by atoms with Crippen molar-refractivity contribution in [3.05, 3.63) is 10.4 Å². The van der Waals surface area contributed by atoms with Gasteiger partial charge in [-0.15, -0.1) is 0 Å². The first-order valence-corrected chi connectivity index (χ1v) is 14.5. The van der Waals surface area contributed by atoms with Crippen LogP contribution < -0.4 is 0 Å². The Kier molecular flexibility index (Phi) is 13.4. The predicted molar refractivity (Wildman–Crippen MR) is 141 cm³/mol. The lowest BCUT2D eigenvalue weighted by Gasteiger charge is -2.49. The summed E-state index contributed by atoms with van der Waals surface area (Å²) in [6.07, 6.45) is -35.2. The summed E-state index contributed by atoms with van der Waals surface area (Å²) < 4.78 is 38.1. The van der Waals surface area contributed by atoms with Crippen LogP contribution in [-0.2, 0) is 33.2 Å². The molecule has 13 N–H and O–H groups in total. The molecule has 0 radical (unpaired) electrons. The van der Waals surface area contributed by atoms with E-state index >= 15 is 0 Å². The first kappa shape index (κ1) is 38.3. The Bertz CT molecular complexity index is 1040. The van der Waals surface area contributed by atoms with Crippen molar-refractivity contribution in [3.63, 3.8) is 0 Å². The van der Waals surface area contributed by atoms with Crippen molar-refractivity contribution in [3.8, 4) is 0 Å². The zero-order chi connectivity index (χ0) is 34.7. The summed E-state index contributed by atoms with van der Waals surface area (Å²) in [5, 5.41) is 137. The minimum absolute atomic E-state index is 0.789. The van der Waals surface area contributed by atoms with Gasteiger partial charge in [0.2, 0.25) is 0 Å². The summed E-state index contributed by atoms with van der Waals surface area (Å²) in [5.41, 5.74) is 8.63. The summed E-state index contributed by atoms with van der Waals surface area (Å²) >= 11 is 0. The van der Waals surface area contributed by atoms with Crippen LogP contribution in [0.3, 0.4) is 0 Å². The van der Waals surface area contributed by atoms with E-state index in [0.717, 1.165) is 0 Å². The fraction of sp³-hybridized carbons (Fsp3) is 1.00. The molecular weight excluding hydrogens is 650 g/mol. The first-order valence-electron chi connectivity index (χ1n) is 14.5. The van der Waals surface area contributed by atoms with Crippen molar-refractivity contribution in [1.29, 1.82) is 0 Å². The van der Waals surface area contributed by atoms with E-state index in [1.165, 1.54) is 0 Å². The average Bonchev–Trinajstić information content (AvgIpc) is 3.06. The maximum atomic E-state index is 10.9. The molecule has 4 rings (SSSR count). The molecule has 23 heteroatoms. The van der Waals surface area contributed by atoms with E-state index in [2.05, 4.69) is 10.0 Å². The molecule has 4 saturated heterocycles. The van der Waals surface area contributed by atoms with Gasteiger partial charge < -0.3 is 99.5 Å². The molecule has 0 aromatic heterocycles. The molecule has 0 spiro atoms. The average molecular weight is 692 g/mol. The topological polar surface area (TPSA) is 376 Å². The molecule has 0 aromatic carbocycles. The molecule has 272 valence electrons. The lowest BCUT2D eigenvalue weighted by atomic mass is 9.95. The summed E-state index contributed by atoms with van der Waals surface area (Å²) in [6.45, 7) is -3.43. The van der Waals surface area contributed by atoms with E-state index in [1.54, 1.807) is 0 Å². The SMILES string of the molecule is [N-]=[N+]=N[C@@H]1OC(CO)[C@@H](O[C@H]2OC(CO)[C@@H](O[C@H]3OC(CO)[C@@H](O[C@H]4OC(CO)[C@@H](O)[C@H](O)C4O)[C@H](O)C3O)[C@H](O)C2O)[C@H](O)C1O. The van der Waals surface area contributed by atoms with Crippen LogP contribution in [0, 0.1) is 0 Å². The van der Waals surface area contributed by atoms with Crippen LogP contribution in [0.15, 0.2) is 5.11 Å². The van der Waals surface area contributed by atoms with E-state index in [0.29, 0.717) is 0 Å². The van der Waals surface area contributed by atoms with Crippen LogP contribution in [0.4, 0.5) is 0 Å². The summed E-state index contributed by atoms with van der Waals surface area (Å²) in [4.78, 5) is 2.48. The second-order valence-electron chi connectivity index (χ2n) is 11.3. The Morgan fingerprint density at radius 3 is 1.17 bits per heavy atom. The maximum absolute atomic E-state index is 10.9. The van der Waals surface area contributed by atoms with Gasteiger partial charge in [0, 0.05) is 4.91 Å². The third kappa shape index (κ3) is 7.81. The molecule has 0 saturated carbocycles. The maximum Gasteiger partial charge on any atom is 0.187 e. The van der Waals surface area contributed by atoms with Crippen LogP contribution in [0.25, 0.3) is 10.4 Å². The van der Waals surface area contributed by atoms with Crippen molar-refractivity contribution in [1.82, 2.24) is 0 Å². The van der Waals surface area contributed by atoms with E-state index in [9.17, 15) is 66.4 Å². The molecule has 0 aromatic rings. The van der Waals surface area contributed by atoms with Gasteiger partial charge in [-0.1, -0.05) is 5.11 Å². The molecule has 4 fully saturated rings. The van der Waals surface area contributed by atoms with Gasteiger partial charge >= 0.3 is 0 Å². The zero-order valence-corrected chi connectivity index (χ0v) is 24.4. The number of rotatable bonds is 11. The molecule has 47 heavy (non-hydrogen) atoms. The fourth-order valence-electron chi connectivity index (χ4n) is 5.69. The number of azide groups is 1. The quantitative estimate of drug-likeness (QED) is 0.0543. The lowest BCUT2D eigenvalue weighted by molar-refractivity contribution is -0.385. The highest BCUT2D eigenvalue weighted by molar-refractivity contribution is 4.98. The third-order valence-electron chi connectivity index (χ3n) is 8.37. The standard InChI is InChI=1S/C24H41N3O20/c25-27-26-21-14(37)11(34)18(6(2-29)41-21)45-23-16(39)13(36)20(8(4-31)43-23)47-24-17(40)12(35)19(7(3-30)44-24)46-22-15(38)10(33)9(32)5(1-28)42-22/h5-24,28-40H,1-4H2/t5?,6?,7?,8?,9-,10+,11-,12-,13-,14?,15?,16?,17?,18-,19-,20-,21-,22-,23-,24-/m1/s1. The number of nitrogens with zero attached hydrogens (tertiary/aromatic N) is 3. The zero-order valence-electron chi connectivity index (χ0n) is 24.4. The van der Waals surface area contributed by atoms with E-state index in [1.807, 2.05) is 0 Å². The molecule has 4 heterocycles. The molecule has 8 unspecified atom stereocenters. The highest BCUT2D eigenvalue weighted by Crippen LogP contribution is 2.34. The number of aliphatic hydroxyl groups is 13. The van der Waals surface area contributed by atoms with Gasteiger partial charge in [0.1, 0.15) is 97.7 Å².